The highest BCUT2D eigenvalue weighted by Gasteiger charge is 2.30. The summed E-state index contributed by atoms with van der Waals surface area (Å²) in [5, 5.41) is 2.12. The molecule has 0 aliphatic heterocycles. The van der Waals surface area contributed by atoms with Crippen LogP contribution in [0.2, 0.25) is 0 Å². The number of alkyl halides is 3. The molecule has 84 valence electrons. The quantitative estimate of drug-likeness (QED) is 0.799. The van der Waals surface area contributed by atoms with Gasteiger partial charge in [0.05, 0.1) is 5.56 Å². The van der Waals surface area contributed by atoms with E-state index < -0.39 is 11.7 Å². The van der Waals surface area contributed by atoms with Crippen LogP contribution in [0.3, 0.4) is 0 Å². The van der Waals surface area contributed by atoms with E-state index in [2.05, 4.69) is 4.98 Å². The van der Waals surface area contributed by atoms with Crippen molar-refractivity contribution in [3.63, 3.8) is 0 Å². The van der Waals surface area contributed by atoms with Gasteiger partial charge in [0, 0.05) is 11.6 Å². The second-order valence-corrected chi connectivity index (χ2v) is 3.78. The van der Waals surface area contributed by atoms with E-state index in [1.165, 1.54) is 23.5 Å². The third-order valence-corrected chi connectivity index (χ3v) is 2.44. The first-order valence-electron chi connectivity index (χ1n) is 4.30. The zero-order valence-corrected chi connectivity index (χ0v) is 8.68. The molecule has 0 fully saturated rings. The summed E-state index contributed by atoms with van der Waals surface area (Å²) in [6, 6.07) is 4.49. The molecule has 2 nitrogen and oxygen atoms in total. The minimum atomic E-state index is -4.32. The Kier molecular flexibility index (Phi) is 2.82. The Bertz CT molecular complexity index is 450. The molecule has 6 heteroatoms. The SMILES string of the molecule is FC(F)(F)c1ccc(Oc2nccs2)cc1. The smallest absolute Gasteiger partial charge is 0.416 e. The number of hydrogen-bond donors (Lipinski definition) is 0. The van der Waals surface area contributed by atoms with E-state index in [1.807, 2.05) is 0 Å². The molecular weight excluding hydrogens is 239 g/mol. The predicted octanol–water partition coefficient (Wildman–Crippen LogP) is 3.95. The standard InChI is InChI=1S/C10H6F3NOS/c11-10(12,13)7-1-3-8(4-2-7)15-9-14-5-6-16-9/h1-6H. The van der Waals surface area contributed by atoms with Gasteiger partial charge in [0.25, 0.3) is 5.19 Å². The zero-order valence-electron chi connectivity index (χ0n) is 7.86. The maximum absolute atomic E-state index is 12.2. The lowest BCUT2D eigenvalue weighted by Crippen LogP contribution is -2.03. The van der Waals surface area contributed by atoms with Gasteiger partial charge in [0.1, 0.15) is 5.75 Å². The number of benzene rings is 1. The summed E-state index contributed by atoms with van der Waals surface area (Å²) in [6.45, 7) is 0. The monoisotopic (exact) mass is 245 g/mol. The van der Waals surface area contributed by atoms with Crippen LogP contribution in [-0.2, 0) is 6.18 Å². The van der Waals surface area contributed by atoms with Gasteiger partial charge in [-0.3, -0.25) is 0 Å². The van der Waals surface area contributed by atoms with E-state index in [0.29, 0.717) is 10.9 Å². The molecule has 0 aliphatic rings. The molecule has 16 heavy (non-hydrogen) atoms. The van der Waals surface area contributed by atoms with Crippen LogP contribution >= 0.6 is 11.3 Å². The largest absolute Gasteiger partial charge is 0.431 e. The lowest BCUT2D eigenvalue weighted by molar-refractivity contribution is -0.137. The van der Waals surface area contributed by atoms with E-state index in [0.717, 1.165) is 12.1 Å². The van der Waals surface area contributed by atoms with E-state index in [1.54, 1.807) is 11.6 Å². The fraction of sp³-hybridized carbons (Fsp3) is 0.100. The number of aromatic nitrogens is 1. The second kappa shape index (κ2) is 4.13. The van der Waals surface area contributed by atoms with Crippen molar-refractivity contribution in [2.24, 2.45) is 0 Å². The van der Waals surface area contributed by atoms with Gasteiger partial charge in [-0.2, -0.15) is 13.2 Å². The first kappa shape index (κ1) is 10.9. The van der Waals surface area contributed by atoms with Crippen molar-refractivity contribution in [1.29, 1.82) is 0 Å². The van der Waals surface area contributed by atoms with Gasteiger partial charge in [0.2, 0.25) is 0 Å². The molecule has 1 aromatic carbocycles. The summed E-state index contributed by atoms with van der Waals surface area (Å²) in [5.41, 5.74) is -0.695. The lowest BCUT2D eigenvalue weighted by atomic mass is 10.2. The van der Waals surface area contributed by atoms with Crippen LogP contribution < -0.4 is 4.74 Å². The van der Waals surface area contributed by atoms with Gasteiger partial charge < -0.3 is 4.74 Å². The summed E-state index contributed by atoms with van der Waals surface area (Å²) in [7, 11) is 0. The van der Waals surface area contributed by atoms with Crippen LogP contribution in [-0.4, -0.2) is 4.98 Å². The molecule has 0 unspecified atom stereocenters. The molecule has 0 bridgehead atoms. The predicted molar refractivity (Wildman–Crippen MR) is 53.6 cm³/mol. The first-order valence-corrected chi connectivity index (χ1v) is 5.18. The molecule has 0 saturated carbocycles. The molecule has 1 aromatic heterocycles. The van der Waals surface area contributed by atoms with Crippen LogP contribution in [0, 0.1) is 0 Å². The molecule has 0 N–H and O–H groups in total. The maximum atomic E-state index is 12.2. The Labute approximate surface area is 93.3 Å². The summed E-state index contributed by atoms with van der Waals surface area (Å²) in [6.07, 6.45) is -2.76. The molecule has 0 radical (unpaired) electrons. The Morgan fingerprint density at radius 1 is 1.12 bits per heavy atom. The number of thiazole rings is 1. The summed E-state index contributed by atoms with van der Waals surface area (Å²) >= 11 is 1.27. The van der Waals surface area contributed by atoms with Gasteiger partial charge >= 0.3 is 6.18 Å². The van der Waals surface area contributed by atoms with E-state index in [4.69, 9.17) is 4.74 Å². The number of hydrogen-bond acceptors (Lipinski definition) is 3. The molecule has 0 atom stereocenters. The molecule has 0 saturated heterocycles. The second-order valence-electron chi connectivity index (χ2n) is 2.92. The Morgan fingerprint density at radius 2 is 1.81 bits per heavy atom. The summed E-state index contributed by atoms with van der Waals surface area (Å²) in [4.78, 5) is 3.86. The molecule has 0 aliphatic carbocycles. The Morgan fingerprint density at radius 3 is 2.31 bits per heavy atom. The minimum Gasteiger partial charge on any atom is -0.431 e. The Hall–Kier alpha value is -1.56. The summed E-state index contributed by atoms with van der Waals surface area (Å²) in [5.74, 6) is 0.336. The highest BCUT2D eigenvalue weighted by Crippen LogP contribution is 2.31. The van der Waals surface area contributed by atoms with Gasteiger partial charge in [-0.25, -0.2) is 4.98 Å². The first-order chi connectivity index (χ1) is 7.55. The van der Waals surface area contributed by atoms with Crippen molar-refractivity contribution in [2.75, 3.05) is 0 Å². The third kappa shape index (κ3) is 2.52. The lowest BCUT2D eigenvalue weighted by Gasteiger charge is -2.07. The van der Waals surface area contributed by atoms with Crippen molar-refractivity contribution in [3.05, 3.63) is 41.4 Å². The maximum Gasteiger partial charge on any atom is 0.416 e. The molecule has 0 spiro atoms. The van der Waals surface area contributed by atoms with Crippen molar-refractivity contribution in [2.45, 2.75) is 6.18 Å². The number of ether oxygens (including phenoxy) is 1. The van der Waals surface area contributed by atoms with Crippen molar-refractivity contribution in [3.8, 4) is 10.9 Å². The number of rotatable bonds is 2. The van der Waals surface area contributed by atoms with Crippen molar-refractivity contribution in [1.82, 2.24) is 4.98 Å². The average Bonchev–Trinajstić information content (AvgIpc) is 2.70. The van der Waals surface area contributed by atoms with E-state index in [-0.39, 0.29) is 0 Å². The van der Waals surface area contributed by atoms with Gasteiger partial charge in [-0.1, -0.05) is 11.3 Å². The molecule has 2 rings (SSSR count). The van der Waals surface area contributed by atoms with Crippen LogP contribution in [0.1, 0.15) is 5.56 Å². The fourth-order valence-electron chi connectivity index (χ4n) is 1.07. The number of nitrogens with zero attached hydrogens (tertiary/aromatic N) is 1. The normalized spacial score (nSPS) is 11.4. The highest BCUT2D eigenvalue weighted by molar-refractivity contribution is 7.11. The van der Waals surface area contributed by atoms with E-state index in [9.17, 15) is 13.2 Å². The van der Waals surface area contributed by atoms with Gasteiger partial charge in [0.15, 0.2) is 0 Å². The van der Waals surface area contributed by atoms with Crippen LogP contribution in [0.4, 0.5) is 13.2 Å². The van der Waals surface area contributed by atoms with Crippen molar-refractivity contribution < 1.29 is 17.9 Å². The zero-order chi connectivity index (χ0) is 11.6. The van der Waals surface area contributed by atoms with Crippen molar-refractivity contribution >= 4 is 11.3 Å². The van der Waals surface area contributed by atoms with E-state index >= 15 is 0 Å². The fourth-order valence-corrected chi connectivity index (χ4v) is 1.58. The van der Waals surface area contributed by atoms with Gasteiger partial charge in [-0.15, -0.1) is 0 Å². The average molecular weight is 245 g/mol. The minimum absolute atomic E-state index is 0.336. The molecule has 0 amide bonds. The topological polar surface area (TPSA) is 22.1 Å². The van der Waals surface area contributed by atoms with Crippen LogP contribution in [0.25, 0.3) is 0 Å². The van der Waals surface area contributed by atoms with Gasteiger partial charge in [-0.05, 0) is 24.3 Å². The molecule has 2 aromatic rings. The molecule has 1 heterocycles. The number of halogens is 3. The third-order valence-electron chi connectivity index (χ3n) is 1.80. The van der Waals surface area contributed by atoms with Crippen LogP contribution in [0.5, 0.6) is 10.9 Å². The van der Waals surface area contributed by atoms with Crippen LogP contribution in [0.15, 0.2) is 35.8 Å². The Balaban J connectivity index is 2.14. The highest BCUT2D eigenvalue weighted by atomic mass is 32.1. The molecular formula is C10H6F3NOS. The summed E-state index contributed by atoms with van der Waals surface area (Å²) < 4.78 is 42.0.